The molecular formula is C16H17FN2O. The van der Waals surface area contributed by atoms with Crippen LogP contribution in [0.25, 0.3) is 0 Å². The standard InChI is InChI=1S/C16H17FN2O/c1-3-12-4-6-13(7-5-12)11-19(2)16(20)14-8-9-15(17)18-10-14/h4-10H,3,11H2,1-2H3. The van der Waals surface area contributed by atoms with Crippen LogP contribution >= 0.6 is 0 Å². The number of hydrogen-bond acceptors (Lipinski definition) is 2. The van der Waals surface area contributed by atoms with Crippen molar-refractivity contribution in [3.05, 3.63) is 65.2 Å². The second-order valence-corrected chi connectivity index (χ2v) is 4.70. The van der Waals surface area contributed by atoms with Gasteiger partial charge in [0.1, 0.15) is 0 Å². The summed E-state index contributed by atoms with van der Waals surface area (Å²) in [7, 11) is 1.72. The van der Waals surface area contributed by atoms with Crippen LogP contribution in [0.5, 0.6) is 0 Å². The fraction of sp³-hybridized carbons (Fsp3) is 0.250. The van der Waals surface area contributed by atoms with E-state index >= 15 is 0 Å². The molecule has 1 amide bonds. The normalized spacial score (nSPS) is 10.3. The molecule has 2 rings (SSSR count). The number of hydrogen-bond donors (Lipinski definition) is 0. The summed E-state index contributed by atoms with van der Waals surface area (Å²) in [6, 6.07) is 10.8. The van der Waals surface area contributed by atoms with Crippen LogP contribution in [0, 0.1) is 5.95 Å². The van der Waals surface area contributed by atoms with Crippen molar-refractivity contribution >= 4 is 5.91 Å². The summed E-state index contributed by atoms with van der Waals surface area (Å²) >= 11 is 0. The molecule has 0 unspecified atom stereocenters. The maximum absolute atomic E-state index is 12.7. The molecule has 0 radical (unpaired) electrons. The van der Waals surface area contributed by atoms with Crippen molar-refractivity contribution in [3.8, 4) is 0 Å². The molecule has 0 aliphatic carbocycles. The minimum Gasteiger partial charge on any atom is -0.337 e. The summed E-state index contributed by atoms with van der Waals surface area (Å²) in [5.74, 6) is -0.753. The molecule has 4 heteroatoms. The smallest absolute Gasteiger partial charge is 0.255 e. The maximum atomic E-state index is 12.7. The van der Waals surface area contributed by atoms with Gasteiger partial charge in [0.05, 0.1) is 5.56 Å². The van der Waals surface area contributed by atoms with E-state index in [1.165, 1.54) is 23.9 Å². The van der Waals surface area contributed by atoms with Crippen LogP contribution in [0.15, 0.2) is 42.6 Å². The average molecular weight is 272 g/mol. The zero-order chi connectivity index (χ0) is 14.5. The highest BCUT2D eigenvalue weighted by atomic mass is 19.1. The Hall–Kier alpha value is -2.23. The van der Waals surface area contributed by atoms with Gasteiger partial charge < -0.3 is 4.90 Å². The maximum Gasteiger partial charge on any atom is 0.255 e. The number of aryl methyl sites for hydroxylation is 1. The Labute approximate surface area is 118 Å². The van der Waals surface area contributed by atoms with Gasteiger partial charge in [0.2, 0.25) is 5.95 Å². The highest BCUT2D eigenvalue weighted by Crippen LogP contribution is 2.10. The van der Waals surface area contributed by atoms with E-state index in [9.17, 15) is 9.18 Å². The minimum absolute atomic E-state index is 0.169. The number of carbonyl (C=O) groups is 1. The van der Waals surface area contributed by atoms with E-state index < -0.39 is 5.95 Å². The van der Waals surface area contributed by atoms with Gasteiger partial charge >= 0.3 is 0 Å². The van der Waals surface area contributed by atoms with Gasteiger partial charge in [0.15, 0.2) is 0 Å². The molecule has 0 spiro atoms. The fourth-order valence-electron chi connectivity index (χ4n) is 1.95. The third-order valence-electron chi connectivity index (χ3n) is 3.17. The lowest BCUT2D eigenvalue weighted by Gasteiger charge is -2.17. The first kappa shape index (κ1) is 14.2. The first-order chi connectivity index (χ1) is 9.60. The van der Waals surface area contributed by atoms with Crippen molar-refractivity contribution in [2.24, 2.45) is 0 Å². The molecule has 0 N–H and O–H groups in total. The number of benzene rings is 1. The molecule has 1 aromatic heterocycles. The number of halogens is 1. The molecule has 0 saturated carbocycles. The van der Waals surface area contributed by atoms with Gasteiger partial charge in [-0.05, 0) is 29.7 Å². The van der Waals surface area contributed by atoms with Crippen molar-refractivity contribution in [1.29, 1.82) is 0 Å². The lowest BCUT2D eigenvalue weighted by molar-refractivity contribution is 0.0784. The third kappa shape index (κ3) is 3.41. The summed E-state index contributed by atoms with van der Waals surface area (Å²) < 4.78 is 12.7. The van der Waals surface area contributed by atoms with Gasteiger partial charge in [-0.1, -0.05) is 31.2 Å². The monoisotopic (exact) mass is 272 g/mol. The quantitative estimate of drug-likeness (QED) is 0.801. The van der Waals surface area contributed by atoms with Crippen molar-refractivity contribution in [2.75, 3.05) is 7.05 Å². The molecule has 3 nitrogen and oxygen atoms in total. The van der Waals surface area contributed by atoms with Gasteiger partial charge in [-0.3, -0.25) is 4.79 Å². The van der Waals surface area contributed by atoms with Crippen LogP contribution in [-0.4, -0.2) is 22.8 Å². The van der Waals surface area contributed by atoms with Crippen LogP contribution in [0.1, 0.15) is 28.4 Å². The second kappa shape index (κ2) is 6.28. The Bertz CT molecular complexity index is 578. The van der Waals surface area contributed by atoms with E-state index in [1.807, 2.05) is 12.1 Å². The van der Waals surface area contributed by atoms with E-state index in [1.54, 1.807) is 11.9 Å². The Balaban J connectivity index is 2.04. The molecule has 104 valence electrons. The third-order valence-corrected chi connectivity index (χ3v) is 3.17. The Kier molecular flexibility index (Phi) is 4.45. The highest BCUT2D eigenvalue weighted by Gasteiger charge is 2.12. The average Bonchev–Trinajstić information content (AvgIpc) is 2.48. The summed E-state index contributed by atoms with van der Waals surface area (Å²) in [6.45, 7) is 2.62. The number of pyridine rings is 1. The lowest BCUT2D eigenvalue weighted by Crippen LogP contribution is -2.26. The van der Waals surface area contributed by atoms with Crippen LogP contribution < -0.4 is 0 Å². The molecule has 2 aromatic rings. The predicted octanol–water partition coefficient (Wildman–Crippen LogP) is 3.06. The van der Waals surface area contributed by atoms with Crippen molar-refractivity contribution < 1.29 is 9.18 Å². The molecule has 1 heterocycles. The van der Waals surface area contributed by atoms with Gasteiger partial charge in [0, 0.05) is 19.8 Å². The van der Waals surface area contributed by atoms with E-state index in [-0.39, 0.29) is 5.91 Å². The van der Waals surface area contributed by atoms with Gasteiger partial charge in [0.25, 0.3) is 5.91 Å². The molecule has 20 heavy (non-hydrogen) atoms. The molecule has 1 aromatic carbocycles. The van der Waals surface area contributed by atoms with Crippen molar-refractivity contribution in [3.63, 3.8) is 0 Å². The zero-order valence-electron chi connectivity index (χ0n) is 11.6. The first-order valence-electron chi connectivity index (χ1n) is 6.55. The number of rotatable bonds is 4. The van der Waals surface area contributed by atoms with E-state index in [2.05, 4.69) is 24.0 Å². The van der Waals surface area contributed by atoms with Crippen molar-refractivity contribution in [1.82, 2.24) is 9.88 Å². The van der Waals surface area contributed by atoms with Gasteiger partial charge in [-0.15, -0.1) is 0 Å². The van der Waals surface area contributed by atoms with Crippen LogP contribution in [-0.2, 0) is 13.0 Å². The van der Waals surface area contributed by atoms with Gasteiger partial charge in [-0.25, -0.2) is 4.98 Å². The minimum atomic E-state index is -0.584. The Morgan fingerprint density at radius 2 is 1.80 bits per heavy atom. The zero-order valence-corrected chi connectivity index (χ0v) is 11.6. The number of nitrogens with zero attached hydrogens (tertiary/aromatic N) is 2. The molecule has 0 saturated heterocycles. The molecular weight excluding hydrogens is 255 g/mol. The Morgan fingerprint density at radius 3 is 2.35 bits per heavy atom. The van der Waals surface area contributed by atoms with Crippen LogP contribution in [0.2, 0.25) is 0 Å². The number of carbonyl (C=O) groups excluding carboxylic acids is 1. The molecule has 0 aliphatic heterocycles. The fourth-order valence-corrected chi connectivity index (χ4v) is 1.95. The Morgan fingerprint density at radius 1 is 1.15 bits per heavy atom. The summed E-state index contributed by atoms with van der Waals surface area (Å²) in [4.78, 5) is 17.2. The van der Waals surface area contributed by atoms with E-state index in [0.29, 0.717) is 12.1 Å². The molecule has 0 atom stereocenters. The lowest BCUT2D eigenvalue weighted by atomic mass is 10.1. The summed E-state index contributed by atoms with van der Waals surface area (Å²) in [6.07, 6.45) is 2.25. The SMILES string of the molecule is CCc1ccc(CN(C)C(=O)c2ccc(F)nc2)cc1. The number of amides is 1. The first-order valence-corrected chi connectivity index (χ1v) is 6.55. The largest absolute Gasteiger partial charge is 0.337 e. The molecule has 0 fully saturated rings. The summed E-state index contributed by atoms with van der Waals surface area (Å²) in [5.41, 5.74) is 2.72. The predicted molar refractivity (Wildman–Crippen MR) is 75.8 cm³/mol. The second-order valence-electron chi connectivity index (χ2n) is 4.70. The number of aromatic nitrogens is 1. The van der Waals surface area contributed by atoms with Gasteiger partial charge in [-0.2, -0.15) is 4.39 Å². The van der Waals surface area contributed by atoms with Crippen LogP contribution in [0.4, 0.5) is 4.39 Å². The highest BCUT2D eigenvalue weighted by molar-refractivity contribution is 5.93. The van der Waals surface area contributed by atoms with E-state index in [0.717, 1.165) is 12.0 Å². The molecule has 0 aliphatic rings. The molecule has 0 bridgehead atoms. The van der Waals surface area contributed by atoms with E-state index in [4.69, 9.17) is 0 Å². The summed E-state index contributed by atoms with van der Waals surface area (Å²) in [5, 5.41) is 0. The van der Waals surface area contributed by atoms with Crippen LogP contribution in [0.3, 0.4) is 0 Å². The topological polar surface area (TPSA) is 33.2 Å². The van der Waals surface area contributed by atoms with Crippen molar-refractivity contribution in [2.45, 2.75) is 19.9 Å².